The average Bonchev–Trinajstić information content (AvgIpc) is 2.89. The highest BCUT2D eigenvalue weighted by atomic mass is 32.1. The normalized spacial score (nSPS) is 12.1. The summed E-state index contributed by atoms with van der Waals surface area (Å²) in [5, 5.41) is 11.6. The summed E-state index contributed by atoms with van der Waals surface area (Å²) in [5.74, 6) is -0.400. The van der Waals surface area contributed by atoms with E-state index in [0.717, 1.165) is 10.4 Å². The van der Waals surface area contributed by atoms with Gasteiger partial charge in [-0.05, 0) is 26.3 Å². The maximum atomic E-state index is 12.3. The van der Waals surface area contributed by atoms with Crippen molar-refractivity contribution in [2.45, 2.75) is 33.3 Å². The number of rotatable bonds is 5. The highest BCUT2D eigenvalue weighted by molar-refractivity contribution is 7.18. The van der Waals surface area contributed by atoms with Crippen molar-refractivity contribution in [1.82, 2.24) is 9.97 Å². The van der Waals surface area contributed by atoms with E-state index in [4.69, 9.17) is 4.74 Å². The Kier molecular flexibility index (Phi) is 5.04. The van der Waals surface area contributed by atoms with Gasteiger partial charge in [-0.15, -0.1) is 11.3 Å². The summed E-state index contributed by atoms with van der Waals surface area (Å²) < 4.78 is 5.33. The van der Waals surface area contributed by atoms with Crippen molar-refractivity contribution >= 4 is 33.2 Å². The number of thiophene rings is 1. The van der Waals surface area contributed by atoms with Gasteiger partial charge in [0.05, 0.1) is 16.7 Å². The molecule has 3 rings (SSSR count). The molecule has 0 unspecified atom stereocenters. The van der Waals surface area contributed by atoms with Gasteiger partial charge in [-0.3, -0.25) is 19.7 Å². The van der Waals surface area contributed by atoms with Gasteiger partial charge < -0.3 is 9.72 Å². The zero-order chi connectivity index (χ0) is 19.7. The second-order valence-corrected chi connectivity index (χ2v) is 7.31. The van der Waals surface area contributed by atoms with Crippen molar-refractivity contribution in [1.29, 1.82) is 0 Å². The minimum atomic E-state index is -0.792. The molecule has 8 nitrogen and oxygen atoms in total. The Labute approximate surface area is 158 Å². The summed E-state index contributed by atoms with van der Waals surface area (Å²) >= 11 is 1.40. The van der Waals surface area contributed by atoms with Crippen LogP contribution in [-0.4, -0.2) is 20.9 Å². The van der Waals surface area contributed by atoms with Crippen LogP contribution < -0.4 is 5.56 Å². The molecule has 9 heteroatoms. The van der Waals surface area contributed by atoms with Crippen molar-refractivity contribution in [3.63, 3.8) is 0 Å². The number of aromatic amines is 1. The molecule has 0 aliphatic rings. The number of ether oxygens (including phenoxy) is 1. The van der Waals surface area contributed by atoms with E-state index in [9.17, 15) is 19.7 Å². The van der Waals surface area contributed by atoms with E-state index in [1.165, 1.54) is 29.5 Å². The van der Waals surface area contributed by atoms with Gasteiger partial charge >= 0.3 is 5.97 Å². The molecule has 0 saturated carbocycles. The standard InChI is InChI=1S/C18H17N3O5S/c1-9-11(3)27-18-15(9)17(23)19-16(20-18)10(2)26-14(22)8-12-6-4-5-7-13(12)21(24)25/h4-7,10H,8H2,1-3H3,(H,19,20,23)/t10-/m1/s1. The van der Waals surface area contributed by atoms with Gasteiger partial charge in [0, 0.05) is 16.5 Å². The van der Waals surface area contributed by atoms with Crippen LogP contribution in [0.2, 0.25) is 0 Å². The zero-order valence-electron chi connectivity index (χ0n) is 14.9. The SMILES string of the molecule is Cc1sc2nc([C@@H](C)OC(=O)Cc3ccccc3[N+](=O)[O-])[nH]c(=O)c2c1C. The predicted octanol–water partition coefficient (Wildman–Crippen LogP) is 3.36. The molecule has 1 N–H and O–H groups in total. The Morgan fingerprint density at radius 3 is 2.78 bits per heavy atom. The number of nitrogens with one attached hydrogen (secondary N) is 1. The van der Waals surface area contributed by atoms with Gasteiger partial charge in [-0.1, -0.05) is 18.2 Å². The van der Waals surface area contributed by atoms with Crippen LogP contribution >= 0.6 is 11.3 Å². The van der Waals surface area contributed by atoms with Gasteiger partial charge in [0.1, 0.15) is 4.83 Å². The summed E-state index contributed by atoms with van der Waals surface area (Å²) in [5.41, 5.74) is 0.732. The highest BCUT2D eigenvalue weighted by Crippen LogP contribution is 2.27. The monoisotopic (exact) mass is 387 g/mol. The number of nitro benzene ring substituents is 1. The topological polar surface area (TPSA) is 115 Å². The second kappa shape index (κ2) is 7.28. The molecule has 0 bridgehead atoms. The minimum Gasteiger partial charge on any atom is -0.454 e. The number of aryl methyl sites for hydroxylation is 2. The number of benzene rings is 1. The fourth-order valence-corrected chi connectivity index (χ4v) is 3.79. The van der Waals surface area contributed by atoms with E-state index in [0.29, 0.717) is 10.2 Å². The number of para-hydroxylation sites is 1. The van der Waals surface area contributed by atoms with E-state index in [-0.39, 0.29) is 29.1 Å². The van der Waals surface area contributed by atoms with Crippen molar-refractivity contribution in [2.24, 2.45) is 0 Å². The number of hydrogen-bond acceptors (Lipinski definition) is 7. The number of carbonyl (C=O) groups excluding carboxylic acids is 1. The first-order valence-electron chi connectivity index (χ1n) is 8.19. The maximum absolute atomic E-state index is 12.3. The minimum absolute atomic E-state index is 0.139. The quantitative estimate of drug-likeness (QED) is 0.408. The summed E-state index contributed by atoms with van der Waals surface area (Å²) in [6.45, 7) is 5.37. The third-order valence-corrected chi connectivity index (χ3v) is 5.37. The van der Waals surface area contributed by atoms with Crippen LogP contribution in [0.5, 0.6) is 0 Å². The van der Waals surface area contributed by atoms with Crippen molar-refractivity contribution in [2.75, 3.05) is 0 Å². The smallest absolute Gasteiger partial charge is 0.311 e. The molecule has 1 aromatic carbocycles. The fraction of sp³-hybridized carbons (Fsp3) is 0.278. The van der Waals surface area contributed by atoms with E-state index in [1.807, 2.05) is 13.8 Å². The molecule has 0 aliphatic heterocycles. The predicted molar refractivity (Wildman–Crippen MR) is 101 cm³/mol. The first kappa shape index (κ1) is 18.7. The lowest BCUT2D eigenvalue weighted by Crippen LogP contribution is -2.18. The number of hydrogen-bond donors (Lipinski definition) is 1. The van der Waals surface area contributed by atoms with Crippen molar-refractivity contribution in [3.8, 4) is 0 Å². The van der Waals surface area contributed by atoms with Crippen molar-refractivity contribution in [3.05, 3.63) is 66.6 Å². The average molecular weight is 387 g/mol. The second-order valence-electron chi connectivity index (χ2n) is 6.11. The molecule has 0 aliphatic carbocycles. The molecule has 0 amide bonds. The van der Waals surface area contributed by atoms with E-state index in [2.05, 4.69) is 9.97 Å². The number of H-pyrrole nitrogens is 1. The fourth-order valence-electron chi connectivity index (χ4n) is 2.75. The molecule has 2 aromatic heterocycles. The highest BCUT2D eigenvalue weighted by Gasteiger charge is 2.21. The summed E-state index contributed by atoms with van der Waals surface area (Å²) in [4.78, 5) is 43.7. The molecule has 1 atom stereocenters. The zero-order valence-corrected chi connectivity index (χ0v) is 15.8. The number of fused-ring (bicyclic) bond motifs is 1. The number of aromatic nitrogens is 2. The van der Waals surface area contributed by atoms with Crippen LogP contribution in [0.3, 0.4) is 0 Å². The third-order valence-electron chi connectivity index (χ3n) is 4.27. The Morgan fingerprint density at radius 2 is 2.07 bits per heavy atom. The van der Waals surface area contributed by atoms with E-state index in [1.54, 1.807) is 13.0 Å². The molecule has 140 valence electrons. The van der Waals surface area contributed by atoms with Crippen LogP contribution in [0.1, 0.15) is 34.9 Å². The number of carbonyl (C=O) groups is 1. The molecule has 3 aromatic rings. The Balaban J connectivity index is 1.80. The van der Waals surface area contributed by atoms with Gasteiger partial charge in [-0.25, -0.2) is 4.98 Å². The lowest BCUT2D eigenvalue weighted by Gasteiger charge is -2.12. The Morgan fingerprint density at radius 1 is 1.37 bits per heavy atom. The molecule has 27 heavy (non-hydrogen) atoms. The molecule has 0 saturated heterocycles. The van der Waals surface area contributed by atoms with Gasteiger partial charge in [-0.2, -0.15) is 0 Å². The third kappa shape index (κ3) is 3.72. The van der Waals surface area contributed by atoms with Crippen LogP contribution in [-0.2, 0) is 16.0 Å². The molecule has 2 heterocycles. The molecular weight excluding hydrogens is 370 g/mol. The van der Waals surface area contributed by atoms with Crippen molar-refractivity contribution < 1.29 is 14.5 Å². The Hall–Kier alpha value is -3.07. The first-order chi connectivity index (χ1) is 12.8. The molecular formula is C18H17N3O5S. The van der Waals surface area contributed by atoms with Gasteiger partial charge in [0.2, 0.25) is 0 Å². The number of nitrogens with zero attached hydrogens (tertiary/aromatic N) is 2. The molecule has 0 fully saturated rings. The first-order valence-corrected chi connectivity index (χ1v) is 9.01. The van der Waals surface area contributed by atoms with E-state index >= 15 is 0 Å². The summed E-state index contributed by atoms with van der Waals surface area (Å²) in [6.07, 6.45) is -1.04. The maximum Gasteiger partial charge on any atom is 0.311 e. The largest absolute Gasteiger partial charge is 0.454 e. The number of esters is 1. The molecule has 0 radical (unpaired) electrons. The lowest BCUT2D eigenvalue weighted by atomic mass is 10.1. The van der Waals surface area contributed by atoms with Crippen LogP contribution in [0.4, 0.5) is 5.69 Å². The summed E-state index contributed by atoms with van der Waals surface area (Å²) in [6, 6.07) is 5.99. The number of nitro groups is 1. The lowest BCUT2D eigenvalue weighted by molar-refractivity contribution is -0.385. The van der Waals surface area contributed by atoms with Crippen LogP contribution in [0.15, 0.2) is 29.1 Å². The van der Waals surface area contributed by atoms with E-state index < -0.39 is 17.0 Å². The summed E-state index contributed by atoms with van der Waals surface area (Å²) in [7, 11) is 0. The van der Waals surface area contributed by atoms with Crippen LogP contribution in [0.25, 0.3) is 10.2 Å². The van der Waals surface area contributed by atoms with Gasteiger partial charge in [0.15, 0.2) is 11.9 Å². The molecule has 0 spiro atoms. The Bertz CT molecular complexity index is 1100. The van der Waals surface area contributed by atoms with Crippen LogP contribution in [0, 0.1) is 24.0 Å². The van der Waals surface area contributed by atoms with Gasteiger partial charge in [0.25, 0.3) is 11.2 Å².